The van der Waals surface area contributed by atoms with Crippen LogP contribution in [0.3, 0.4) is 0 Å². The van der Waals surface area contributed by atoms with Crippen LogP contribution < -0.4 is 5.73 Å². The van der Waals surface area contributed by atoms with Gasteiger partial charge in [-0.05, 0) is 87.3 Å². The number of aliphatic imine (C=N–C) groups is 1. The fourth-order valence-corrected chi connectivity index (χ4v) is 7.22. The van der Waals surface area contributed by atoms with Gasteiger partial charge in [-0.1, -0.05) is 182 Å². The molecule has 0 bridgehead atoms. The normalized spacial score (nSPS) is 11.7. The summed E-state index contributed by atoms with van der Waals surface area (Å²) in [6.45, 7) is 0. The lowest BCUT2D eigenvalue weighted by Crippen LogP contribution is -2.13. The minimum absolute atomic E-state index is 0.466. The molecule has 3 aromatic heterocycles. The Bertz CT molecular complexity index is 2830. The number of amidine groups is 1. The molecule has 9 aromatic rings. The molecule has 0 aliphatic carbocycles. The maximum Gasteiger partial charge on any atom is 0.131 e. The van der Waals surface area contributed by atoms with Crippen LogP contribution in [0.15, 0.2) is 230 Å². The molecule has 5 heteroatoms. The number of benzene rings is 6. The first-order valence-electron chi connectivity index (χ1n) is 20.0. The fraction of sp³-hybridized carbons (Fsp3) is 0.0182. The van der Waals surface area contributed by atoms with Gasteiger partial charge in [-0.3, -0.25) is 4.98 Å². The van der Waals surface area contributed by atoms with E-state index in [1.165, 1.54) is 16.7 Å². The molecular formula is C55H41N5. The maximum atomic E-state index is 6.68. The molecular weight excluding hydrogens is 731 g/mol. The van der Waals surface area contributed by atoms with Crippen LogP contribution in [0.2, 0.25) is 0 Å². The lowest BCUT2D eigenvalue weighted by atomic mass is 10.0. The first-order chi connectivity index (χ1) is 29.6. The van der Waals surface area contributed by atoms with Gasteiger partial charge in [-0.2, -0.15) is 0 Å². The zero-order valence-electron chi connectivity index (χ0n) is 32.9. The van der Waals surface area contributed by atoms with E-state index in [9.17, 15) is 0 Å². The monoisotopic (exact) mass is 771 g/mol. The van der Waals surface area contributed by atoms with Crippen LogP contribution in [0.25, 0.3) is 73.1 Å². The van der Waals surface area contributed by atoms with Crippen molar-refractivity contribution in [2.75, 3.05) is 0 Å². The minimum atomic E-state index is 0.466. The van der Waals surface area contributed by atoms with Crippen molar-refractivity contribution in [1.29, 1.82) is 0 Å². The van der Waals surface area contributed by atoms with Gasteiger partial charge in [0.2, 0.25) is 0 Å². The number of nitrogens with two attached hydrogens (primary N) is 1. The van der Waals surface area contributed by atoms with E-state index < -0.39 is 0 Å². The second-order valence-electron chi connectivity index (χ2n) is 14.5. The lowest BCUT2D eigenvalue weighted by molar-refractivity contribution is 1.22. The highest BCUT2D eigenvalue weighted by atomic mass is 14.9. The number of hydrogen-bond acceptors (Lipinski definition) is 4. The zero-order chi connectivity index (χ0) is 40.5. The summed E-state index contributed by atoms with van der Waals surface area (Å²) in [6, 6.07) is 72.6. The van der Waals surface area contributed by atoms with E-state index in [0.717, 1.165) is 79.5 Å². The van der Waals surface area contributed by atoms with E-state index in [-0.39, 0.29) is 0 Å². The predicted molar refractivity (Wildman–Crippen MR) is 248 cm³/mol. The largest absolute Gasteiger partial charge is 0.383 e. The SMILES string of the molecule is NC(=N/C(=C\Cc1ccc(-c2ccccc2)cc1)c1ccccc1)c1ccc(-c2ccc(-c3cccc(-c4cc(-c5ccccc5)cc(-c5ccccn5)n4)n3)cc2)cc1. The quantitative estimate of drug-likeness (QED) is 0.105. The molecule has 0 radical (unpaired) electrons. The highest BCUT2D eigenvalue weighted by Gasteiger charge is 2.12. The van der Waals surface area contributed by atoms with Crippen LogP contribution in [0.1, 0.15) is 16.7 Å². The molecule has 60 heavy (non-hydrogen) atoms. The van der Waals surface area contributed by atoms with Gasteiger partial charge < -0.3 is 5.73 Å². The topological polar surface area (TPSA) is 77.0 Å². The summed E-state index contributed by atoms with van der Waals surface area (Å²) in [6.07, 6.45) is 4.68. The van der Waals surface area contributed by atoms with Crippen LogP contribution in [0, 0.1) is 0 Å². The van der Waals surface area contributed by atoms with E-state index in [1.807, 2.05) is 91.0 Å². The minimum Gasteiger partial charge on any atom is -0.383 e. The van der Waals surface area contributed by atoms with Crippen LogP contribution in [0.5, 0.6) is 0 Å². The van der Waals surface area contributed by atoms with Gasteiger partial charge in [0.25, 0.3) is 0 Å². The van der Waals surface area contributed by atoms with E-state index in [4.69, 9.17) is 20.7 Å². The molecule has 0 spiro atoms. The molecule has 0 aliphatic rings. The number of rotatable bonds is 11. The summed E-state index contributed by atoms with van der Waals surface area (Å²) in [5.41, 5.74) is 22.5. The summed E-state index contributed by atoms with van der Waals surface area (Å²) in [4.78, 5) is 19.7. The second kappa shape index (κ2) is 17.6. The van der Waals surface area contributed by atoms with E-state index >= 15 is 0 Å². The lowest BCUT2D eigenvalue weighted by Gasteiger charge is -2.11. The Kier molecular flexibility index (Phi) is 11.0. The molecule has 6 aromatic carbocycles. The van der Waals surface area contributed by atoms with Crippen molar-refractivity contribution in [1.82, 2.24) is 15.0 Å². The van der Waals surface area contributed by atoms with Crippen LogP contribution in [-0.4, -0.2) is 20.8 Å². The first kappa shape index (κ1) is 37.6. The first-order valence-corrected chi connectivity index (χ1v) is 20.0. The van der Waals surface area contributed by atoms with Crippen molar-refractivity contribution < 1.29 is 0 Å². The number of aromatic nitrogens is 3. The third-order valence-corrected chi connectivity index (χ3v) is 10.5. The molecule has 0 aliphatic heterocycles. The predicted octanol–water partition coefficient (Wildman–Crippen LogP) is 12.9. The molecule has 0 atom stereocenters. The Morgan fingerprint density at radius 3 is 1.52 bits per heavy atom. The van der Waals surface area contributed by atoms with Crippen LogP contribution in [-0.2, 0) is 6.42 Å². The van der Waals surface area contributed by atoms with Gasteiger partial charge in [0, 0.05) is 17.3 Å². The van der Waals surface area contributed by atoms with Gasteiger partial charge in [-0.15, -0.1) is 0 Å². The molecule has 0 amide bonds. The van der Waals surface area contributed by atoms with Gasteiger partial charge in [0.15, 0.2) is 0 Å². The number of pyridine rings is 3. The average Bonchev–Trinajstić information content (AvgIpc) is 3.34. The van der Waals surface area contributed by atoms with Crippen molar-refractivity contribution in [3.63, 3.8) is 0 Å². The molecule has 0 fully saturated rings. The Morgan fingerprint density at radius 1 is 0.400 bits per heavy atom. The van der Waals surface area contributed by atoms with E-state index in [0.29, 0.717) is 5.84 Å². The molecule has 2 N–H and O–H groups in total. The van der Waals surface area contributed by atoms with Crippen molar-refractivity contribution in [2.45, 2.75) is 6.42 Å². The Morgan fingerprint density at radius 2 is 0.883 bits per heavy atom. The van der Waals surface area contributed by atoms with Gasteiger partial charge in [0.05, 0.1) is 34.2 Å². The van der Waals surface area contributed by atoms with Gasteiger partial charge in [0.1, 0.15) is 5.84 Å². The zero-order valence-corrected chi connectivity index (χ0v) is 32.9. The molecule has 9 rings (SSSR count). The fourth-order valence-electron chi connectivity index (χ4n) is 7.22. The van der Waals surface area contributed by atoms with E-state index in [2.05, 4.69) is 132 Å². The second-order valence-corrected chi connectivity index (χ2v) is 14.5. The molecule has 0 unspecified atom stereocenters. The number of allylic oxidation sites excluding steroid dienone is 1. The third-order valence-electron chi connectivity index (χ3n) is 10.5. The number of hydrogen-bond donors (Lipinski definition) is 1. The van der Waals surface area contributed by atoms with Crippen molar-refractivity contribution in [2.24, 2.45) is 10.7 Å². The Hall–Kier alpha value is -8.02. The van der Waals surface area contributed by atoms with Crippen molar-refractivity contribution in [3.05, 3.63) is 241 Å². The molecule has 0 saturated heterocycles. The highest BCUT2D eigenvalue weighted by molar-refractivity contribution is 6.01. The molecule has 0 saturated carbocycles. The summed E-state index contributed by atoms with van der Waals surface area (Å²) < 4.78 is 0. The molecule has 5 nitrogen and oxygen atoms in total. The summed E-state index contributed by atoms with van der Waals surface area (Å²) >= 11 is 0. The average molecular weight is 772 g/mol. The Labute approximate surface area is 351 Å². The standard InChI is InChI=1S/C55H41N5/c56-55(60-50(45-17-8-3-9-18-45)35-24-39-22-25-42(26-23-39)40-13-4-1-5-14-40)47-33-29-44(30-34-47)43-27-31-46(32-28-43)49-20-12-21-52(58-49)54-38-48(41-15-6-2-7-16-41)37-53(59-54)51-19-10-11-36-57-51/h1-23,25-38H,24H2,(H2,56,60)/b50-35-. The van der Waals surface area contributed by atoms with Crippen molar-refractivity contribution >= 4 is 11.5 Å². The smallest absolute Gasteiger partial charge is 0.131 e. The van der Waals surface area contributed by atoms with Crippen molar-refractivity contribution in [3.8, 4) is 67.4 Å². The third kappa shape index (κ3) is 8.76. The summed E-state index contributed by atoms with van der Waals surface area (Å²) in [7, 11) is 0. The van der Waals surface area contributed by atoms with Gasteiger partial charge >= 0.3 is 0 Å². The van der Waals surface area contributed by atoms with Crippen LogP contribution >= 0.6 is 0 Å². The number of nitrogens with zero attached hydrogens (tertiary/aromatic N) is 4. The Balaban J connectivity index is 0.931. The van der Waals surface area contributed by atoms with Crippen LogP contribution in [0.4, 0.5) is 0 Å². The van der Waals surface area contributed by atoms with E-state index in [1.54, 1.807) is 6.20 Å². The highest BCUT2D eigenvalue weighted by Crippen LogP contribution is 2.31. The summed E-state index contributed by atoms with van der Waals surface area (Å²) in [5.74, 6) is 0.466. The molecule has 286 valence electrons. The summed E-state index contributed by atoms with van der Waals surface area (Å²) in [5, 5.41) is 0. The maximum absolute atomic E-state index is 6.68. The molecule has 3 heterocycles. The van der Waals surface area contributed by atoms with Gasteiger partial charge in [-0.25, -0.2) is 15.0 Å².